The summed E-state index contributed by atoms with van der Waals surface area (Å²) in [4.78, 5) is 0. The average Bonchev–Trinajstić information content (AvgIpc) is 2.90. The van der Waals surface area contributed by atoms with Crippen molar-refractivity contribution >= 4 is 22.2 Å². The summed E-state index contributed by atoms with van der Waals surface area (Å²) in [5.41, 5.74) is 9.95. The van der Waals surface area contributed by atoms with Gasteiger partial charge in [-0.2, -0.15) is 0 Å². The van der Waals surface area contributed by atoms with Crippen molar-refractivity contribution in [3.8, 4) is 0 Å². The molecule has 2 N–H and O–H groups in total. The van der Waals surface area contributed by atoms with Crippen LogP contribution in [0.15, 0.2) is 30.8 Å². The maximum atomic E-state index is 5.93. The summed E-state index contributed by atoms with van der Waals surface area (Å²) in [5.74, 6) is -0.499. The zero-order chi connectivity index (χ0) is 15.2. The van der Waals surface area contributed by atoms with Gasteiger partial charge in [-0.05, 0) is 50.6 Å². The summed E-state index contributed by atoms with van der Waals surface area (Å²) >= 11 is 0. The van der Waals surface area contributed by atoms with Crippen LogP contribution in [0.5, 0.6) is 0 Å². The number of allylic oxidation sites excluding steroid dienone is 1. The lowest BCUT2D eigenvalue weighted by Crippen LogP contribution is -2.24. The summed E-state index contributed by atoms with van der Waals surface area (Å²) in [6.45, 7) is 11.3. The number of anilines is 1. The van der Waals surface area contributed by atoms with Gasteiger partial charge in [0.25, 0.3) is 0 Å². The van der Waals surface area contributed by atoms with Gasteiger partial charge in [-0.15, -0.1) is 0 Å². The van der Waals surface area contributed by atoms with Gasteiger partial charge in [-0.1, -0.05) is 6.58 Å². The van der Waals surface area contributed by atoms with Crippen molar-refractivity contribution in [3.63, 3.8) is 0 Å². The van der Waals surface area contributed by atoms with Gasteiger partial charge in [-0.3, -0.25) is 0 Å². The smallest absolute Gasteiger partial charge is 0.163 e. The third kappa shape index (κ3) is 2.69. The van der Waals surface area contributed by atoms with E-state index in [1.165, 1.54) is 0 Å². The predicted octanol–water partition coefficient (Wildman–Crippen LogP) is 3.41. The lowest BCUT2D eigenvalue weighted by molar-refractivity contribution is -0.139. The molecule has 4 nitrogen and oxygen atoms in total. The van der Waals surface area contributed by atoms with Crippen LogP contribution >= 0.6 is 0 Å². The number of nitrogens with two attached hydrogens (primary N) is 1. The molecule has 0 radical (unpaired) electrons. The molecule has 1 aliphatic rings. The molecule has 2 aromatic rings. The molecular formula is C17H22N2O2. The first-order valence-corrected chi connectivity index (χ1v) is 7.22. The molecule has 1 aromatic heterocycles. The van der Waals surface area contributed by atoms with Crippen LogP contribution in [0.3, 0.4) is 0 Å². The summed E-state index contributed by atoms with van der Waals surface area (Å²) in [6.07, 6.45) is 0.0475. The number of nitrogen functional groups attached to an aromatic ring is 1. The van der Waals surface area contributed by atoms with Crippen LogP contribution in [0.2, 0.25) is 0 Å². The van der Waals surface area contributed by atoms with E-state index in [1.54, 1.807) is 0 Å². The third-order valence-corrected chi connectivity index (χ3v) is 3.82. The molecular weight excluding hydrogens is 264 g/mol. The maximum absolute atomic E-state index is 5.93. The molecule has 0 spiro atoms. The zero-order valence-electron chi connectivity index (χ0n) is 12.8. The number of rotatable bonds is 3. The minimum Gasteiger partial charge on any atom is -0.399 e. The molecule has 1 aromatic carbocycles. The third-order valence-electron chi connectivity index (χ3n) is 3.82. The Morgan fingerprint density at radius 1 is 1.43 bits per heavy atom. The van der Waals surface area contributed by atoms with Crippen molar-refractivity contribution in [2.75, 3.05) is 12.3 Å². The van der Waals surface area contributed by atoms with Crippen LogP contribution in [-0.2, 0) is 16.0 Å². The van der Waals surface area contributed by atoms with Crippen molar-refractivity contribution < 1.29 is 9.47 Å². The Balaban J connectivity index is 2.00. The van der Waals surface area contributed by atoms with Gasteiger partial charge in [0, 0.05) is 22.3 Å². The molecule has 0 bridgehead atoms. The molecule has 3 rings (SSSR count). The quantitative estimate of drug-likeness (QED) is 0.880. The largest absolute Gasteiger partial charge is 0.399 e. The SMILES string of the molecule is C=C(C)c1cc2cc(N)ccc2n1C[C@@H]1COC(C)(C)O1. The van der Waals surface area contributed by atoms with Gasteiger partial charge in [0.15, 0.2) is 5.79 Å². The Hall–Kier alpha value is -1.78. The van der Waals surface area contributed by atoms with Gasteiger partial charge >= 0.3 is 0 Å². The van der Waals surface area contributed by atoms with Crippen molar-refractivity contribution in [2.45, 2.75) is 39.2 Å². The van der Waals surface area contributed by atoms with Crippen LogP contribution in [0.25, 0.3) is 16.5 Å². The molecule has 0 aliphatic carbocycles. The fourth-order valence-corrected chi connectivity index (χ4v) is 2.90. The van der Waals surface area contributed by atoms with E-state index in [0.717, 1.165) is 34.4 Å². The average molecular weight is 286 g/mol. The first-order valence-electron chi connectivity index (χ1n) is 7.22. The summed E-state index contributed by atoms with van der Waals surface area (Å²) < 4.78 is 13.8. The predicted molar refractivity (Wildman–Crippen MR) is 86.0 cm³/mol. The Labute approximate surface area is 125 Å². The molecule has 0 saturated carbocycles. The van der Waals surface area contributed by atoms with Crippen LogP contribution in [0.1, 0.15) is 26.5 Å². The highest BCUT2D eigenvalue weighted by molar-refractivity contribution is 5.87. The molecule has 0 unspecified atom stereocenters. The molecule has 1 saturated heterocycles. The van der Waals surface area contributed by atoms with E-state index < -0.39 is 5.79 Å². The van der Waals surface area contributed by atoms with E-state index in [0.29, 0.717) is 6.61 Å². The monoisotopic (exact) mass is 286 g/mol. The van der Waals surface area contributed by atoms with Gasteiger partial charge in [0.1, 0.15) is 6.10 Å². The topological polar surface area (TPSA) is 49.4 Å². The zero-order valence-corrected chi connectivity index (χ0v) is 12.8. The van der Waals surface area contributed by atoms with Crippen LogP contribution in [0.4, 0.5) is 5.69 Å². The summed E-state index contributed by atoms with van der Waals surface area (Å²) in [7, 11) is 0. The van der Waals surface area contributed by atoms with Crippen molar-refractivity contribution in [3.05, 3.63) is 36.5 Å². The Bertz CT molecular complexity index is 700. The molecule has 21 heavy (non-hydrogen) atoms. The highest BCUT2D eigenvalue weighted by atomic mass is 16.7. The van der Waals surface area contributed by atoms with Crippen LogP contribution in [-0.4, -0.2) is 23.1 Å². The van der Waals surface area contributed by atoms with E-state index in [-0.39, 0.29) is 6.10 Å². The van der Waals surface area contributed by atoms with Gasteiger partial charge < -0.3 is 19.8 Å². The summed E-state index contributed by atoms with van der Waals surface area (Å²) in [5, 5.41) is 1.13. The number of hydrogen-bond acceptors (Lipinski definition) is 3. The van der Waals surface area contributed by atoms with Gasteiger partial charge in [0.2, 0.25) is 0 Å². The number of benzene rings is 1. The Morgan fingerprint density at radius 2 is 2.19 bits per heavy atom. The van der Waals surface area contributed by atoms with E-state index in [4.69, 9.17) is 15.2 Å². The number of nitrogens with zero attached hydrogens (tertiary/aromatic N) is 1. The minimum absolute atomic E-state index is 0.0475. The molecule has 1 fully saturated rings. The molecule has 1 aliphatic heterocycles. The standard InChI is InChI=1S/C17H22N2O2/c1-11(2)16-8-12-7-13(18)5-6-15(12)19(16)9-14-10-20-17(3,4)21-14/h5-8,14H,1,9-10,18H2,2-4H3/t14-/m1/s1. The van der Waals surface area contributed by atoms with Crippen LogP contribution < -0.4 is 5.73 Å². The van der Waals surface area contributed by atoms with E-state index in [1.807, 2.05) is 32.9 Å². The first-order chi connectivity index (χ1) is 9.85. The van der Waals surface area contributed by atoms with Crippen molar-refractivity contribution in [1.82, 2.24) is 4.57 Å². The Morgan fingerprint density at radius 3 is 2.81 bits per heavy atom. The molecule has 1 atom stereocenters. The van der Waals surface area contributed by atoms with E-state index in [9.17, 15) is 0 Å². The molecule has 2 heterocycles. The second kappa shape index (κ2) is 4.90. The first kappa shape index (κ1) is 14.2. The number of ether oxygens (including phenoxy) is 2. The highest BCUT2D eigenvalue weighted by Crippen LogP contribution is 2.29. The van der Waals surface area contributed by atoms with Crippen LogP contribution in [0, 0.1) is 0 Å². The lowest BCUT2D eigenvalue weighted by Gasteiger charge is -2.19. The maximum Gasteiger partial charge on any atom is 0.163 e. The number of hydrogen-bond donors (Lipinski definition) is 1. The fourth-order valence-electron chi connectivity index (χ4n) is 2.90. The molecule has 0 amide bonds. The van der Waals surface area contributed by atoms with Gasteiger partial charge in [0.05, 0.1) is 13.2 Å². The number of fused-ring (bicyclic) bond motifs is 1. The fraction of sp³-hybridized carbons (Fsp3) is 0.412. The number of aromatic nitrogens is 1. The van der Waals surface area contributed by atoms with Crippen molar-refractivity contribution in [2.24, 2.45) is 0 Å². The Kier molecular flexibility index (Phi) is 3.30. The van der Waals surface area contributed by atoms with Crippen molar-refractivity contribution in [1.29, 1.82) is 0 Å². The summed E-state index contributed by atoms with van der Waals surface area (Å²) in [6, 6.07) is 8.11. The lowest BCUT2D eigenvalue weighted by atomic mass is 10.2. The minimum atomic E-state index is -0.499. The van der Waals surface area contributed by atoms with E-state index in [2.05, 4.69) is 23.3 Å². The molecule has 4 heteroatoms. The highest BCUT2D eigenvalue weighted by Gasteiger charge is 2.33. The molecule has 112 valence electrons. The van der Waals surface area contributed by atoms with E-state index >= 15 is 0 Å². The second-order valence-electron chi connectivity index (χ2n) is 6.19. The normalized spacial score (nSPS) is 21.0. The second-order valence-corrected chi connectivity index (χ2v) is 6.19. The van der Waals surface area contributed by atoms with Gasteiger partial charge in [-0.25, -0.2) is 0 Å².